The number of furan rings is 1. The maximum atomic E-state index is 13.6. The van der Waals surface area contributed by atoms with Crippen LogP contribution in [0.25, 0.3) is 0 Å². The summed E-state index contributed by atoms with van der Waals surface area (Å²) >= 11 is 1.47. The minimum atomic E-state index is -0.412. The number of hydrogen-bond donors (Lipinski definition) is 0. The molecule has 0 saturated heterocycles. The van der Waals surface area contributed by atoms with Gasteiger partial charge in [0.1, 0.15) is 16.8 Å². The van der Waals surface area contributed by atoms with E-state index < -0.39 is 5.25 Å². The molecule has 1 saturated carbocycles. The third kappa shape index (κ3) is 4.41. The molecule has 2 aromatic carbocycles. The number of benzene rings is 2. The molecular formula is C26H25N3O2S. The van der Waals surface area contributed by atoms with E-state index in [4.69, 9.17) is 4.42 Å². The van der Waals surface area contributed by atoms with Crippen LogP contribution in [0.4, 0.5) is 0 Å². The highest BCUT2D eigenvalue weighted by atomic mass is 32.2. The van der Waals surface area contributed by atoms with E-state index in [1.54, 1.807) is 6.26 Å². The monoisotopic (exact) mass is 443 g/mol. The summed E-state index contributed by atoms with van der Waals surface area (Å²) in [5, 5.41) is 9.35. The molecule has 1 atom stereocenters. The topological polar surface area (TPSA) is 60.9 Å². The number of Topliss-reactive ketones (excluding diaryl/α,β-unsaturated/α-hetero) is 1. The quantitative estimate of drug-likeness (QED) is 0.242. The first-order valence-electron chi connectivity index (χ1n) is 10.9. The van der Waals surface area contributed by atoms with Gasteiger partial charge in [-0.25, -0.2) is 0 Å². The van der Waals surface area contributed by atoms with E-state index in [-0.39, 0.29) is 5.78 Å². The summed E-state index contributed by atoms with van der Waals surface area (Å²) in [6, 6.07) is 19.8. The fourth-order valence-electron chi connectivity index (χ4n) is 3.73. The van der Waals surface area contributed by atoms with Crippen LogP contribution < -0.4 is 0 Å². The molecule has 0 aliphatic heterocycles. The predicted octanol–water partition coefficient (Wildman–Crippen LogP) is 6.13. The van der Waals surface area contributed by atoms with Crippen molar-refractivity contribution < 1.29 is 9.21 Å². The van der Waals surface area contributed by atoms with Crippen LogP contribution in [0.5, 0.6) is 0 Å². The Bertz CT molecular complexity index is 1210. The van der Waals surface area contributed by atoms with Crippen LogP contribution in [0.2, 0.25) is 0 Å². The van der Waals surface area contributed by atoms with Crippen molar-refractivity contribution in [2.75, 3.05) is 0 Å². The van der Waals surface area contributed by atoms with Crippen LogP contribution in [-0.2, 0) is 6.54 Å². The van der Waals surface area contributed by atoms with Gasteiger partial charge in [0.2, 0.25) is 0 Å². The number of hydrogen-bond acceptors (Lipinski definition) is 5. The van der Waals surface area contributed by atoms with E-state index in [0.717, 1.165) is 46.3 Å². The summed E-state index contributed by atoms with van der Waals surface area (Å²) in [6.07, 6.45) is 3.94. The molecule has 6 heteroatoms. The molecule has 1 unspecified atom stereocenters. The average Bonchev–Trinajstić information content (AvgIpc) is 3.37. The van der Waals surface area contributed by atoms with Crippen molar-refractivity contribution in [3.05, 3.63) is 101 Å². The maximum absolute atomic E-state index is 13.6. The molecular weight excluding hydrogens is 418 g/mol. The van der Waals surface area contributed by atoms with Crippen molar-refractivity contribution in [3.8, 4) is 0 Å². The van der Waals surface area contributed by atoms with Crippen molar-refractivity contribution in [1.29, 1.82) is 0 Å². The second-order valence-corrected chi connectivity index (χ2v) is 9.49. The smallest absolute Gasteiger partial charge is 0.192 e. The van der Waals surface area contributed by atoms with E-state index in [1.165, 1.54) is 11.8 Å². The van der Waals surface area contributed by atoms with Crippen molar-refractivity contribution in [1.82, 2.24) is 14.8 Å². The average molecular weight is 444 g/mol. The Hall–Kier alpha value is -3.12. The zero-order valence-corrected chi connectivity index (χ0v) is 19.0. The highest BCUT2D eigenvalue weighted by Gasteiger charge is 2.33. The molecule has 4 aromatic rings. The number of thioether (sulfide) groups is 1. The summed E-state index contributed by atoms with van der Waals surface area (Å²) in [5.74, 6) is 2.34. The minimum Gasteiger partial charge on any atom is -0.467 e. The lowest BCUT2D eigenvalue weighted by molar-refractivity contribution is 0.0989. The van der Waals surface area contributed by atoms with E-state index in [2.05, 4.69) is 33.8 Å². The van der Waals surface area contributed by atoms with Crippen LogP contribution in [-0.4, -0.2) is 20.5 Å². The summed E-state index contributed by atoms with van der Waals surface area (Å²) in [5.41, 5.74) is 3.96. The van der Waals surface area contributed by atoms with Gasteiger partial charge in [0.25, 0.3) is 0 Å². The molecule has 5 nitrogen and oxygen atoms in total. The lowest BCUT2D eigenvalue weighted by Crippen LogP contribution is -2.12. The van der Waals surface area contributed by atoms with Crippen molar-refractivity contribution in [3.63, 3.8) is 0 Å². The SMILES string of the molecule is Cc1ccc(C(=O)C(Sc2nnc(C3CC3)n2Cc2ccco2)c2ccc(C)cc2)cc1. The fraction of sp³-hybridized carbons (Fsp3) is 0.269. The first kappa shape index (κ1) is 20.8. The number of carbonyl (C=O) groups is 1. The van der Waals surface area contributed by atoms with Gasteiger partial charge in [-0.2, -0.15) is 0 Å². The van der Waals surface area contributed by atoms with Gasteiger partial charge >= 0.3 is 0 Å². The van der Waals surface area contributed by atoms with Gasteiger partial charge < -0.3 is 4.42 Å². The van der Waals surface area contributed by atoms with E-state index >= 15 is 0 Å². The van der Waals surface area contributed by atoms with Gasteiger partial charge in [0, 0.05) is 11.5 Å². The summed E-state index contributed by atoms with van der Waals surface area (Å²) in [7, 11) is 0. The maximum Gasteiger partial charge on any atom is 0.192 e. The number of nitrogens with zero attached hydrogens (tertiary/aromatic N) is 3. The summed E-state index contributed by atoms with van der Waals surface area (Å²) in [6.45, 7) is 4.64. The molecule has 0 spiro atoms. The molecule has 0 N–H and O–H groups in total. The van der Waals surface area contributed by atoms with Crippen LogP contribution >= 0.6 is 11.8 Å². The number of ketones is 1. The molecule has 1 aliphatic rings. The van der Waals surface area contributed by atoms with Gasteiger partial charge in [0.05, 0.1) is 12.8 Å². The Kier molecular flexibility index (Phi) is 5.70. The molecule has 2 aromatic heterocycles. The largest absolute Gasteiger partial charge is 0.467 e. The van der Waals surface area contributed by atoms with E-state index in [0.29, 0.717) is 18.0 Å². The van der Waals surface area contributed by atoms with Crippen molar-refractivity contribution in [2.45, 2.75) is 49.6 Å². The van der Waals surface area contributed by atoms with Gasteiger partial charge in [-0.3, -0.25) is 9.36 Å². The van der Waals surface area contributed by atoms with E-state index in [1.807, 2.05) is 55.5 Å². The standard InChI is InChI=1S/C26H25N3O2S/c1-17-5-9-19(10-6-17)23(30)24(20-11-7-18(2)8-12-20)32-26-28-27-25(21-13-14-21)29(26)16-22-4-3-15-31-22/h3-12,15,21,24H,13-14,16H2,1-2H3. The van der Waals surface area contributed by atoms with Gasteiger partial charge in [-0.05, 0) is 44.4 Å². The van der Waals surface area contributed by atoms with Gasteiger partial charge in [-0.1, -0.05) is 71.4 Å². The van der Waals surface area contributed by atoms with Crippen LogP contribution in [0.1, 0.15) is 62.6 Å². The Morgan fingerprint density at radius 2 is 1.72 bits per heavy atom. The third-order valence-corrected chi connectivity index (χ3v) is 6.99. The van der Waals surface area contributed by atoms with Crippen LogP contribution in [0.15, 0.2) is 76.5 Å². The highest BCUT2D eigenvalue weighted by Crippen LogP contribution is 2.43. The van der Waals surface area contributed by atoms with Crippen LogP contribution in [0.3, 0.4) is 0 Å². The molecule has 2 heterocycles. The number of carbonyl (C=O) groups excluding carboxylic acids is 1. The first-order valence-corrected chi connectivity index (χ1v) is 11.8. The molecule has 0 bridgehead atoms. The second kappa shape index (κ2) is 8.79. The zero-order valence-electron chi connectivity index (χ0n) is 18.2. The molecule has 5 rings (SSSR count). The van der Waals surface area contributed by atoms with Gasteiger partial charge in [0.15, 0.2) is 10.9 Å². The van der Waals surface area contributed by atoms with E-state index in [9.17, 15) is 4.79 Å². The minimum absolute atomic E-state index is 0.0689. The molecule has 1 aliphatic carbocycles. The predicted molar refractivity (Wildman–Crippen MR) is 125 cm³/mol. The Labute approximate surface area is 191 Å². The normalized spacial score (nSPS) is 14.4. The number of aromatic nitrogens is 3. The number of rotatable bonds is 8. The first-order chi connectivity index (χ1) is 15.6. The third-order valence-electron chi connectivity index (χ3n) is 5.76. The second-order valence-electron chi connectivity index (χ2n) is 8.42. The fourth-order valence-corrected chi connectivity index (χ4v) is 4.85. The molecule has 32 heavy (non-hydrogen) atoms. The van der Waals surface area contributed by atoms with Crippen molar-refractivity contribution in [2.24, 2.45) is 0 Å². The Morgan fingerprint density at radius 3 is 2.34 bits per heavy atom. The lowest BCUT2D eigenvalue weighted by Gasteiger charge is -2.17. The molecule has 1 fully saturated rings. The van der Waals surface area contributed by atoms with Crippen LogP contribution in [0, 0.1) is 13.8 Å². The zero-order chi connectivity index (χ0) is 22.1. The number of aryl methyl sites for hydroxylation is 2. The summed E-state index contributed by atoms with van der Waals surface area (Å²) in [4.78, 5) is 13.6. The Balaban J connectivity index is 1.52. The molecule has 0 amide bonds. The summed E-state index contributed by atoms with van der Waals surface area (Å²) < 4.78 is 7.71. The Morgan fingerprint density at radius 1 is 1.03 bits per heavy atom. The van der Waals surface area contributed by atoms with Crippen molar-refractivity contribution >= 4 is 17.5 Å². The molecule has 0 radical (unpaired) electrons. The van der Waals surface area contributed by atoms with Gasteiger partial charge in [-0.15, -0.1) is 10.2 Å². The lowest BCUT2D eigenvalue weighted by atomic mass is 10.0. The highest BCUT2D eigenvalue weighted by molar-refractivity contribution is 8.00. The molecule has 162 valence electrons.